The minimum atomic E-state index is -0.454. The highest BCUT2D eigenvalue weighted by Gasteiger charge is 2.12. The molecular formula is C21H19ClO5. The van der Waals surface area contributed by atoms with Crippen molar-refractivity contribution in [3.63, 3.8) is 0 Å². The van der Waals surface area contributed by atoms with Crippen LogP contribution in [0.3, 0.4) is 0 Å². The molecule has 0 spiro atoms. The minimum Gasteiger partial charge on any atom is -0.493 e. The van der Waals surface area contributed by atoms with E-state index in [0.717, 1.165) is 17.4 Å². The Hall–Kier alpha value is -2.79. The number of ketones is 1. The van der Waals surface area contributed by atoms with Crippen molar-refractivity contribution < 1.29 is 18.7 Å². The second kappa shape index (κ2) is 7.84. The average Bonchev–Trinajstić information content (AvgIpc) is 2.65. The number of Topliss-reactive ketones (excluding diaryl/α,β-unsaturated/α-hetero) is 1. The van der Waals surface area contributed by atoms with E-state index >= 15 is 0 Å². The predicted octanol–water partition coefficient (Wildman–Crippen LogP) is 4.80. The van der Waals surface area contributed by atoms with E-state index < -0.39 is 5.63 Å². The van der Waals surface area contributed by atoms with Crippen LogP contribution in [-0.4, -0.2) is 12.9 Å². The van der Waals surface area contributed by atoms with Crippen LogP contribution in [0.2, 0.25) is 5.02 Å². The van der Waals surface area contributed by atoms with Crippen LogP contribution in [0.15, 0.2) is 45.6 Å². The quantitative estimate of drug-likeness (QED) is 0.449. The number of rotatable bonds is 6. The zero-order chi connectivity index (χ0) is 19.6. The molecule has 140 valence electrons. The summed E-state index contributed by atoms with van der Waals surface area (Å²) in [6.45, 7) is 3.59. The van der Waals surface area contributed by atoms with Gasteiger partial charge in [-0.3, -0.25) is 4.79 Å². The molecule has 1 aromatic heterocycles. The maximum atomic E-state index is 11.9. The third-order valence-corrected chi connectivity index (χ3v) is 4.68. The van der Waals surface area contributed by atoms with Crippen molar-refractivity contribution in [1.82, 2.24) is 0 Å². The lowest BCUT2D eigenvalue weighted by atomic mass is 10.1. The number of carbonyl (C=O) groups excluding carboxylic acids is 1. The monoisotopic (exact) mass is 386 g/mol. The van der Waals surface area contributed by atoms with Gasteiger partial charge in [0.25, 0.3) is 0 Å². The van der Waals surface area contributed by atoms with E-state index in [-0.39, 0.29) is 12.4 Å². The van der Waals surface area contributed by atoms with Gasteiger partial charge in [0.05, 0.1) is 7.11 Å². The van der Waals surface area contributed by atoms with Crippen LogP contribution >= 0.6 is 11.6 Å². The highest BCUT2D eigenvalue weighted by molar-refractivity contribution is 6.32. The number of methoxy groups -OCH3 is 1. The van der Waals surface area contributed by atoms with Crippen molar-refractivity contribution in [3.8, 4) is 11.5 Å². The highest BCUT2D eigenvalue weighted by Crippen LogP contribution is 2.31. The molecule has 5 nitrogen and oxygen atoms in total. The van der Waals surface area contributed by atoms with Gasteiger partial charge in [0.2, 0.25) is 0 Å². The Kier molecular flexibility index (Phi) is 5.51. The molecule has 0 unspecified atom stereocenters. The summed E-state index contributed by atoms with van der Waals surface area (Å²) in [5.41, 5.74) is 2.12. The van der Waals surface area contributed by atoms with Gasteiger partial charge in [-0.1, -0.05) is 18.5 Å². The van der Waals surface area contributed by atoms with Crippen LogP contribution in [0, 0.1) is 0 Å². The van der Waals surface area contributed by atoms with Gasteiger partial charge in [-0.05, 0) is 49.2 Å². The van der Waals surface area contributed by atoms with Gasteiger partial charge in [0.15, 0.2) is 17.3 Å². The summed E-state index contributed by atoms with van der Waals surface area (Å²) in [5.74, 6) is 0.856. The maximum Gasteiger partial charge on any atom is 0.336 e. The standard InChI is InChI=1S/C21H19ClO5/c1-4-13-7-19-16(10-17(13)22)15(9-21(24)27-19)11-26-18-6-5-14(12(2)23)8-20(18)25-3/h5-10H,4,11H2,1-3H3. The molecule has 1 heterocycles. The van der Waals surface area contributed by atoms with Crippen molar-refractivity contribution in [3.05, 3.63) is 68.5 Å². The first-order valence-corrected chi connectivity index (χ1v) is 8.87. The molecule has 2 aromatic carbocycles. The molecule has 0 aliphatic rings. The summed E-state index contributed by atoms with van der Waals surface area (Å²) >= 11 is 6.31. The van der Waals surface area contributed by atoms with Gasteiger partial charge in [-0.15, -0.1) is 0 Å². The molecule has 3 rings (SSSR count). The lowest BCUT2D eigenvalue weighted by Crippen LogP contribution is -2.05. The van der Waals surface area contributed by atoms with Crippen LogP contribution < -0.4 is 15.1 Å². The fraction of sp³-hybridized carbons (Fsp3) is 0.238. The van der Waals surface area contributed by atoms with E-state index in [1.165, 1.54) is 20.1 Å². The third-order valence-electron chi connectivity index (χ3n) is 4.33. The Labute approximate surface area is 161 Å². The zero-order valence-corrected chi connectivity index (χ0v) is 16.1. The fourth-order valence-corrected chi connectivity index (χ4v) is 3.14. The first-order chi connectivity index (χ1) is 12.9. The smallest absolute Gasteiger partial charge is 0.336 e. The number of hydrogen-bond donors (Lipinski definition) is 0. The number of fused-ring (bicyclic) bond motifs is 1. The Bertz CT molecular complexity index is 1070. The van der Waals surface area contributed by atoms with Gasteiger partial charge in [0.1, 0.15) is 12.2 Å². The lowest BCUT2D eigenvalue weighted by molar-refractivity contribution is 0.101. The second-order valence-electron chi connectivity index (χ2n) is 6.09. The van der Waals surface area contributed by atoms with Gasteiger partial charge in [-0.2, -0.15) is 0 Å². The van der Waals surface area contributed by atoms with Crippen LogP contribution in [0.4, 0.5) is 0 Å². The molecule has 0 aliphatic carbocycles. The lowest BCUT2D eigenvalue weighted by Gasteiger charge is -2.13. The molecule has 0 bridgehead atoms. The summed E-state index contributed by atoms with van der Waals surface area (Å²) < 4.78 is 16.5. The summed E-state index contributed by atoms with van der Waals surface area (Å²) in [6, 6.07) is 9.92. The largest absolute Gasteiger partial charge is 0.493 e. The predicted molar refractivity (Wildman–Crippen MR) is 104 cm³/mol. The topological polar surface area (TPSA) is 65.7 Å². The van der Waals surface area contributed by atoms with Crippen LogP contribution in [0.5, 0.6) is 11.5 Å². The molecule has 0 saturated heterocycles. The Balaban J connectivity index is 1.97. The number of carbonyl (C=O) groups is 1. The minimum absolute atomic E-state index is 0.0621. The molecule has 0 amide bonds. The molecular weight excluding hydrogens is 368 g/mol. The van der Waals surface area contributed by atoms with Gasteiger partial charge in [0, 0.05) is 27.6 Å². The average molecular weight is 387 g/mol. The van der Waals surface area contributed by atoms with Crippen LogP contribution in [0.1, 0.15) is 35.3 Å². The van der Waals surface area contributed by atoms with Crippen LogP contribution in [-0.2, 0) is 13.0 Å². The molecule has 0 atom stereocenters. The summed E-state index contributed by atoms with van der Waals surface area (Å²) in [4.78, 5) is 23.4. The van der Waals surface area contributed by atoms with Gasteiger partial charge in [-0.25, -0.2) is 4.79 Å². The fourth-order valence-electron chi connectivity index (χ4n) is 2.84. The van der Waals surface area contributed by atoms with Crippen molar-refractivity contribution in [2.75, 3.05) is 7.11 Å². The normalized spacial score (nSPS) is 10.8. The molecule has 0 N–H and O–H groups in total. The number of hydrogen-bond acceptors (Lipinski definition) is 5. The first-order valence-electron chi connectivity index (χ1n) is 8.49. The summed E-state index contributed by atoms with van der Waals surface area (Å²) in [6.07, 6.45) is 0.735. The van der Waals surface area contributed by atoms with Crippen molar-refractivity contribution >= 4 is 28.4 Å². The Morgan fingerprint density at radius 2 is 1.89 bits per heavy atom. The summed E-state index contributed by atoms with van der Waals surface area (Å²) in [7, 11) is 1.50. The Morgan fingerprint density at radius 1 is 1.11 bits per heavy atom. The van der Waals surface area contributed by atoms with E-state index in [4.69, 9.17) is 25.5 Å². The number of ether oxygens (including phenoxy) is 2. The van der Waals surface area contributed by atoms with E-state index in [0.29, 0.717) is 33.2 Å². The summed E-state index contributed by atoms with van der Waals surface area (Å²) in [5, 5.41) is 1.33. The van der Waals surface area contributed by atoms with Gasteiger partial charge < -0.3 is 13.9 Å². The number of aryl methyl sites for hydroxylation is 1. The van der Waals surface area contributed by atoms with E-state index in [1.54, 1.807) is 30.3 Å². The van der Waals surface area contributed by atoms with Crippen LogP contribution in [0.25, 0.3) is 11.0 Å². The molecule has 0 aliphatic heterocycles. The third kappa shape index (κ3) is 3.98. The van der Waals surface area contributed by atoms with E-state index in [2.05, 4.69) is 0 Å². The molecule has 0 radical (unpaired) electrons. The molecule has 0 saturated carbocycles. The SMILES string of the molecule is CCc1cc2oc(=O)cc(COc3ccc(C(C)=O)cc3OC)c2cc1Cl. The van der Waals surface area contributed by atoms with E-state index in [1.807, 2.05) is 6.92 Å². The highest BCUT2D eigenvalue weighted by atomic mass is 35.5. The van der Waals surface area contributed by atoms with Crippen molar-refractivity contribution in [2.45, 2.75) is 26.9 Å². The Morgan fingerprint density at radius 3 is 2.56 bits per heavy atom. The molecule has 27 heavy (non-hydrogen) atoms. The number of halogens is 1. The maximum absolute atomic E-state index is 11.9. The second-order valence-corrected chi connectivity index (χ2v) is 6.50. The zero-order valence-electron chi connectivity index (χ0n) is 15.3. The van der Waals surface area contributed by atoms with Gasteiger partial charge >= 0.3 is 5.63 Å². The number of benzene rings is 2. The molecule has 6 heteroatoms. The van der Waals surface area contributed by atoms with Crippen molar-refractivity contribution in [1.29, 1.82) is 0 Å². The van der Waals surface area contributed by atoms with E-state index in [9.17, 15) is 9.59 Å². The van der Waals surface area contributed by atoms with Crippen molar-refractivity contribution in [2.24, 2.45) is 0 Å². The molecule has 0 fully saturated rings. The molecule has 3 aromatic rings. The first kappa shape index (κ1) is 19.0.